The summed E-state index contributed by atoms with van der Waals surface area (Å²) in [7, 11) is 0. The molecule has 2 saturated carbocycles. The second-order valence-corrected chi connectivity index (χ2v) is 5.74. The van der Waals surface area contributed by atoms with Crippen molar-refractivity contribution in [3.63, 3.8) is 0 Å². The first-order valence-corrected chi connectivity index (χ1v) is 6.54. The molecule has 2 fully saturated rings. The summed E-state index contributed by atoms with van der Waals surface area (Å²) in [5.41, 5.74) is 5.58. The maximum absolute atomic E-state index is 5.58. The fraction of sp³-hybridized carbons (Fsp3) is 0.727. The van der Waals surface area contributed by atoms with Crippen molar-refractivity contribution in [1.82, 2.24) is 4.37 Å². The highest BCUT2D eigenvalue weighted by molar-refractivity contribution is 7.10. The van der Waals surface area contributed by atoms with Gasteiger partial charge in [-0.3, -0.25) is 0 Å². The molecule has 3 N–H and O–H groups in total. The average molecular weight is 223 g/mol. The lowest BCUT2D eigenvalue weighted by Crippen LogP contribution is -2.19. The number of nitrogens with zero attached hydrogens (tertiary/aromatic N) is 1. The monoisotopic (exact) mass is 223 g/mol. The fourth-order valence-corrected chi connectivity index (χ4v) is 3.81. The molecule has 0 aliphatic heterocycles. The number of anilines is 2. The second-order valence-electron chi connectivity index (χ2n) is 4.93. The fourth-order valence-electron chi connectivity index (χ4n) is 3.23. The highest BCUT2D eigenvalue weighted by Gasteiger charge is 2.38. The van der Waals surface area contributed by atoms with Crippen LogP contribution in [0, 0.1) is 17.8 Å². The summed E-state index contributed by atoms with van der Waals surface area (Å²) in [6, 6.07) is 1.93. The molecule has 1 heterocycles. The Labute approximate surface area is 94.2 Å². The number of rotatable bonds is 3. The highest BCUT2D eigenvalue weighted by atomic mass is 32.1. The summed E-state index contributed by atoms with van der Waals surface area (Å²) >= 11 is 1.47. The molecule has 1 aromatic rings. The van der Waals surface area contributed by atoms with Crippen LogP contribution >= 0.6 is 11.5 Å². The minimum atomic E-state index is 0.635. The Morgan fingerprint density at radius 3 is 3.00 bits per heavy atom. The molecular formula is C11H17N3S. The van der Waals surface area contributed by atoms with Gasteiger partial charge in [0.2, 0.25) is 0 Å². The zero-order chi connectivity index (χ0) is 10.3. The number of hydrogen-bond acceptors (Lipinski definition) is 4. The van der Waals surface area contributed by atoms with Crippen LogP contribution in [0.2, 0.25) is 0 Å². The average Bonchev–Trinajstić information content (AvgIpc) is 2.90. The van der Waals surface area contributed by atoms with E-state index in [-0.39, 0.29) is 0 Å². The summed E-state index contributed by atoms with van der Waals surface area (Å²) in [5.74, 6) is 3.56. The van der Waals surface area contributed by atoms with Gasteiger partial charge in [-0.25, -0.2) is 0 Å². The Kier molecular flexibility index (Phi) is 2.31. The van der Waals surface area contributed by atoms with Crippen molar-refractivity contribution in [2.75, 3.05) is 17.6 Å². The molecule has 3 nitrogen and oxygen atoms in total. The molecule has 0 saturated heterocycles. The van der Waals surface area contributed by atoms with Gasteiger partial charge >= 0.3 is 0 Å². The van der Waals surface area contributed by atoms with Gasteiger partial charge in [0.25, 0.3) is 0 Å². The van der Waals surface area contributed by atoms with Gasteiger partial charge in [-0.15, -0.1) is 0 Å². The van der Waals surface area contributed by atoms with E-state index in [9.17, 15) is 0 Å². The molecule has 0 amide bonds. The minimum Gasteiger partial charge on any atom is -0.383 e. The lowest BCUT2D eigenvalue weighted by atomic mass is 9.89. The molecule has 2 aliphatic rings. The van der Waals surface area contributed by atoms with Crippen LogP contribution in [0.5, 0.6) is 0 Å². The third kappa shape index (κ3) is 1.83. The van der Waals surface area contributed by atoms with Crippen molar-refractivity contribution >= 4 is 22.4 Å². The van der Waals surface area contributed by atoms with E-state index in [2.05, 4.69) is 9.69 Å². The first-order chi connectivity index (χ1) is 7.31. The van der Waals surface area contributed by atoms with Gasteiger partial charge in [-0.2, -0.15) is 4.37 Å². The molecule has 0 radical (unpaired) electrons. The third-order valence-electron chi connectivity index (χ3n) is 3.95. The smallest absolute Gasteiger partial charge is 0.139 e. The van der Waals surface area contributed by atoms with Gasteiger partial charge in [-0.05, 0) is 48.5 Å². The van der Waals surface area contributed by atoms with Crippen LogP contribution in [0.15, 0.2) is 6.07 Å². The molecule has 0 aromatic carbocycles. The van der Waals surface area contributed by atoms with Crippen LogP contribution in [-0.4, -0.2) is 10.9 Å². The standard InChI is InChI=1S/C11H17N3S/c12-10-5-11(15-14-10)13-6-9-4-7-1-2-8(9)3-7/h5,7-9,13H,1-4,6H2,(H2,12,14). The van der Waals surface area contributed by atoms with Gasteiger partial charge in [0.1, 0.15) is 10.8 Å². The van der Waals surface area contributed by atoms with Crippen LogP contribution in [0.25, 0.3) is 0 Å². The molecule has 82 valence electrons. The highest BCUT2D eigenvalue weighted by Crippen LogP contribution is 2.48. The second kappa shape index (κ2) is 3.67. The SMILES string of the molecule is Nc1cc(NCC2CC3CCC2C3)sn1. The Bertz CT molecular complexity index is 349. The van der Waals surface area contributed by atoms with Gasteiger partial charge in [-0.1, -0.05) is 6.42 Å². The van der Waals surface area contributed by atoms with E-state index in [1.54, 1.807) is 0 Å². The number of hydrogen-bond donors (Lipinski definition) is 2. The predicted octanol–water partition coefficient (Wildman–Crippen LogP) is 2.57. The van der Waals surface area contributed by atoms with Crippen LogP contribution in [0.1, 0.15) is 25.7 Å². The van der Waals surface area contributed by atoms with E-state index >= 15 is 0 Å². The summed E-state index contributed by atoms with van der Waals surface area (Å²) in [6.07, 6.45) is 5.86. The molecule has 2 aliphatic carbocycles. The van der Waals surface area contributed by atoms with Gasteiger partial charge < -0.3 is 11.1 Å². The molecule has 3 unspecified atom stereocenters. The van der Waals surface area contributed by atoms with Crippen molar-refractivity contribution in [3.8, 4) is 0 Å². The van der Waals surface area contributed by atoms with E-state index in [1.165, 1.54) is 37.2 Å². The predicted molar refractivity (Wildman–Crippen MR) is 64.0 cm³/mol. The largest absolute Gasteiger partial charge is 0.383 e. The Morgan fingerprint density at radius 1 is 1.47 bits per heavy atom. The number of nitrogens with one attached hydrogen (secondary N) is 1. The molecule has 4 heteroatoms. The van der Waals surface area contributed by atoms with Crippen LogP contribution in [0.4, 0.5) is 10.8 Å². The lowest BCUT2D eigenvalue weighted by molar-refractivity contribution is 0.348. The van der Waals surface area contributed by atoms with Crippen molar-refractivity contribution in [1.29, 1.82) is 0 Å². The molecule has 2 bridgehead atoms. The first kappa shape index (κ1) is 9.46. The van der Waals surface area contributed by atoms with E-state index < -0.39 is 0 Å². The zero-order valence-corrected chi connectivity index (χ0v) is 9.59. The Morgan fingerprint density at radius 2 is 2.40 bits per heavy atom. The molecule has 15 heavy (non-hydrogen) atoms. The lowest BCUT2D eigenvalue weighted by Gasteiger charge is -2.21. The van der Waals surface area contributed by atoms with Crippen molar-refractivity contribution in [3.05, 3.63) is 6.07 Å². The topological polar surface area (TPSA) is 50.9 Å². The normalized spacial score (nSPS) is 33.5. The molecule has 0 spiro atoms. The van der Waals surface area contributed by atoms with Crippen LogP contribution in [0.3, 0.4) is 0 Å². The number of fused-ring (bicyclic) bond motifs is 2. The van der Waals surface area contributed by atoms with Crippen molar-refractivity contribution in [2.45, 2.75) is 25.7 Å². The minimum absolute atomic E-state index is 0.635. The van der Waals surface area contributed by atoms with Crippen LogP contribution < -0.4 is 11.1 Å². The summed E-state index contributed by atoms with van der Waals surface area (Å²) < 4.78 is 4.07. The van der Waals surface area contributed by atoms with Gasteiger partial charge in [0, 0.05) is 12.6 Å². The quantitative estimate of drug-likeness (QED) is 0.828. The van der Waals surface area contributed by atoms with E-state index in [0.29, 0.717) is 5.82 Å². The van der Waals surface area contributed by atoms with Gasteiger partial charge in [0.05, 0.1) is 0 Å². The van der Waals surface area contributed by atoms with E-state index in [4.69, 9.17) is 5.73 Å². The Balaban J connectivity index is 1.54. The van der Waals surface area contributed by atoms with Crippen molar-refractivity contribution in [2.24, 2.45) is 17.8 Å². The molecule has 3 rings (SSSR count). The summed E-state index contributed by atoms with van der Waals surface area (Å²) in [6.45, 7) is 1.11. The third-order valence-corrected chi connectivity index (χ3v) is 4.71. The first-order valence-electron chi connectivity index (χ1n) is 5.77. The Hall–Kier alpha value is -0.770. The number of nitrogens with two attached hydrogens (primary N) is 1. The molecule has 1 aromatic heterocycles. The van der Waals surface area contributed by atoms with Gasteiger partial charge in [0.15, 0.2) is 0 Å². The number of nitrogen functional groups attached to an aromatic ring is 1. The maximum Gasteiger partial charge on any atom is 0.139 e. The van der Waals surface area contributed by atoms with Crippen LogP contribution in [-0.2, 0) is 0 Å². The zero-order valence-electron chi connectivity index (χ0n) is 8.78. The summed E-state index contributed by atoms with van der Waals surface area (Å²) in [4.78, 5) is 0. The van der Waals surface area contributed by atoms with Crippen molar-refractivity contribution < 1.29 is 0 Å². The summed E-state index contributed by atoms with van der Waals surface area (Å²) in [5, 5.41) is 4.59. The number of aromatic nitrogens is 1. The maximum atomic E-state index is 5.58. The molecular weight excluding hydrogens is 206 g/mol. The molecule has 3 atom stereocenters. The van der Waals surface area contributed by atoms with E-state index in [1.807, 2.05) is 6.07 Å². The van der Waals surface area contributed by atoms with E-state index in [0.717, 1.165) is 29.3 Å².